The molecule has 0 spiro atoms. The minimum absolute atomic E-state index is 0.0597. The number of benzene rings is 1. The van der Waals surface area contributed by atoms with Gasteiger partial charge in [-0.1, -0.05) is 13.0 Å². The summed E-state index contributed by atoms with van der Waals surface area (Å²) in [6.45, 7) is 3.83. The van der Waals surface area contributed by atoms with E-state index in [1.54, 1.807) is 6.07 Å². The number of hydrogen-bond donors (Lipinski definition) is 1. The van der Waals surface area contributed by atoms with Gasteiger partial charge in [-0.3, -0.25) is 10.1 Å². The highest BCUT2D eigenvalue weighted by molar-refractivity contribution is 5.89. The van der Waals surface area contributed by atoms with Crippen LogP contribution in [0.4, 0.5) is 8.78 Å². The third-order valence-corrected chi connectivity index (χ3v) is 4.87. The number of carbonyl (C=O) groups is 1. The van der Waals surface area contributed by atoms with Gasteiger partial charge in [0.25, 0.3) is 0 Å². The molecule has 2 unspecified atom stereocenters. The number of carbonyl (C=O) groups excluding carboxylic acids is 1. The molecule has 1 amide bonds. The molecule has 2 aliphatic rings. The quantitative estimate of drug-likeness (QED) is 0.929. The zero-order valence-electron chi connectivity index (χ0n) is 12.3. The molecular weight excluding hydrogens is 274 g/mol. The molecule has 1 aliphatic heterocycles. The summed E-state index contributed by atoms with van der Waals surface area (Å²) in [6, 6.07) is 4.07. The molecule has 0 aromatic heterocycles. The number of rotatable bonds is 3. The second-order valence-electron chi connectivity index (χ2n) is 6.20. The lowest BCUT2D eigenvalue weighted by molar-refractivity contribution is -0.136. The Morgan fingerprint density at radius 3 is 2.57 bits per heavy atom. The first-order chi connectivity index (χ1) is 9.96. The summed E-state index contributed by atoms with van der Waals surface area (Å²) in [7, 11) is 0. The van der Waals surface area contributed by atoms with Gasteiger partial charge in [0.2, 0.25) is 5.91 Å². The Labute approximate surface area is 123 Å². The van der Waals surface area contributed by atoms with Crippen LogP contribution in [0.25, 0.3) is 0 Å². The molecule has 1 aliphatic carbocycles. The average Bonchev–Trinajstić information content (AvgIpc) is 2.66. The van der Waals surface area contributed by atoms with Gasteiger partial charge >= 0.3 is 0 Å². The van der Waals surface area contributed by atoms with Gasteiger partial charge in [-0.05, 0) is 50.3 Å². The molecule has 21 heavy (non-hydrogen) atoms. The van der Waals surface area contributed by atoms with Crippen LogP contribution >= 0.6 is 0 Å². The number of hydrogen-bond acceptors (Lipinski definition) is 2. The summed E-state index contributed by atoms with van der Waals surface area (Å²) in [5.41, 5.74) is -0.0307. The second-order valence-corrected chi connectivity index (χ2v) is 6.20. The van der Waals surface area contributed by atoms with Gasteiger partial charge in [0.1, 0.15) is 6.17 Å². The first-order valence-corrected chi connectivity index (χ1v) is 7.51. The van der Waals surface area contributed by atoms with Crippen molar-refractivity contribution in [2.75, 3.05) is 0 Å². The fourth-order valence-electron chi connectivity index (χ4n) is 3.06. The number of nitrogens with one attached hydrogen (secondary N) is 1. The summed E-state index contributed by atoms with van der Waals surface area (Å²) < 4.78 is 26.7. The first-order valence-electron chi connectivity index (χ1n) is 7.51. The lowest BCUT2D eigenvalue weighted by Crippen LogP contribution is -2.46. The van der Waals surface area contributed by atoms with Gasteiger partial charge in [0.15, 0.2) is 11.6 Å². The van der Waals surface area contributed by atoms with E-state index in [1.165, 1.54) is 6.07 Å². The Morgan fingerprint density at radius 1 is 1.33 bits per heavy atom. The summed E-state index contributed by atoms with van der Waals surface area (Å²) in [4.78, 5) is 14.6. The summed E-state index contributed by atoms with van der Waals surface area (Å²) in [6.07, 6.45) is 3.36. The number of nitrogens with zero attached hydrogens (tertiary/aromatic N) is 1. The van der Waals surface area contributed by atoms with Gasteiger partial charge in [0, 0.05) is 6.04 Å². The lowest BCUT2D eigenvalue weighted by atomic mass is 9.89. The van der Waals surface area contributed by atoms with Crippen molar-refractivity contribution >= 4 is 5.91 Å². The van der Waals surface area contributed by atoms with Crippen molar-refractivity contribution in [1.82, 2.24) is 10.2 Å². The molecule has 2 fully saturated rings. The van der Waals surface area contributed by atoms with Crippen LogP contribution in [0.2, 0.25) is 0 Å². The Balaban J connectivity index is 1.97. The summed E-state index contributed by atoms with van der Waals surface area (Å²) in [5, 5.41) is 3.32. The van der Waals surface area contributed by atoms with Crippen LogP contribution in [0.1, 0.15) is 51.3 Å². The van der Waals surface area contributed by atoms with Gasteiger partial charge in [-0.25, -0.2) is 8.78 Å². The van der Waals surface area contributed by atoms with Crippen LogP contribution in [0.5, 0.6) is 0 Å². The molecule has 0 radical (unpaired) electrons. The van der Waals surface area contributed by atoms with Crippen LogP contribution in [-0.2, 0) is 4.79 Å². The number of amides is 1. The van der Waals surface area contributed by atoms with Gasteiger partial charge < -0.3 is 4.90 Å². The van der Waals surface area contributed by atoms with Gasteiger partial charge in [0.05, 0.1) is 5.54 Å². The monoisotopic (exact) mass is 294 g/mol. The van der Waals surface area contributed by atoms with Crippen LogP contribution in [-0.4, -0.2) is 22.4 Å². The molecule has 1 saturated carbocycles. The fourth-order valence-corrected chi connectivity index (χ4v) is 3.06. The minimum Gasteiger partial charge on any atom is -0.318 e. The van der Waals surface area contributed by atoms with Crippen LogP contribution in [0.15, 0.2) is 18.2 Å². The minimum atomic E-state index is -0.875. The van der Waals surface area contributed by atoms with Gasteiger partial charge in [-0.2, -0.15) is 0 Å². The fraction of sp³-hybridized carbons (Fsp3) is 0.562. The lowest BCUT2D eigenvalue weighted by Gasteiger charge is -2.38. The predicted molar refractivity (Wildman–Crippen MR) is 75.4 cm³/mol. The Bertz CT molecular complexity index is 573. The third-order valence-electron chi connectivity index (χ3n) is 4.87. The predicted octanol–water partition coefficient (Wildman–Crippen LogP) is 3.12. The summed E-state index contributed by atoms with van der Waals surface area (Å²) in [5.74, 6) is -1.68. The zero-order chi connectivity index (χ0) is 15.2. The topological polar surface area (TPSA) is 32.3 Å². The molecule has 1 saturated heterocycles. The van der Waals surface area contributed by atoms with E-state index in [9.17, 15) is 13.6 Å². The largest absolute Gasteiger partial charge is 0.318 e. The highest BCUT2D eigenvalue weighted by Crippen LogP contribution is 2.39. The van der Waals surface area contributed by atoms with E-state index in [-0.39, 0.29) is 18.1 Å². The first kappa shape index (κ1) is 14.4. The van der Waals surface area contributed by atoms with E-state index in [1.807, 2.05) is 18.7 Å². The van der Waals surface area contributed by atoms with Crippen molar-refractivity contribution < 1.29 is 13.6 Å². The Hall–Kier alpha value is -1.49. The average molecular weight is 294 g/mol. The van der Waals surface area contributed by atoms with Crippen LogP contribution < -0.4 is 5.32 Å². The summed E-state index contributed by atoms with van der Waals surface area (Å²) >= 11 is 0. The SMILES string of the molecule is CCC1(C)NC(c2ccc(F)c(F)c2)N(C2CCC2)C1=O. The third kappa shape index (κ3) is 2.24. The van der Waals surface area contributed by atoms with E-state index >= 15 is 0 Å². The molecule has 3 rings (SSSR count). The van der Waals surface area contributed by atoms with Crippen molar-refractivity contribution in [1.29, 1.82) is 0 Å². The van der Waals surface area contributed by atoms with Crippen molar-refractivity contribution in [2.24, 2.45) is 0 Å². The molecule has 3 nitrogen and oxygen atoms in total. The number of halogens is 2. The molecule has 5 heteroatoms. The standard InChI is InChI=1S/C16H20F2N2O/c1-3-16(2)15(21)20(11-5-4-6-11)14(19-16)10-7-8-12(17)13(18)9-10/h7-9,11,14,19H,3-6H2,1-2H3. The van der Waals surface area contributed by atoms with E-state index in [0.717, 1.165) is 25.3 Å². The highest BCUT2D eigenvalue weighted by atomic mass is 19.2. The zero-order valence-corrected chi connectivity index (χ0v) is 12.3. The molecule has 114 valence electrons. The molecular formula is C16H20F2N2O. The molecule has 1 aromatic rings. The van der Waals surface area contributed by atoms with Crippen molar-refractivity contribution in [3.8, 4) is 0 Å². The smallest absolute Gasteiger partial charge is 0.244 e. The van der Waals surface area contributed by atoms with E-state index in [2.05, 4.69) is 5.32 Å². The van der Waals surface area contributed by atoms with Crippen molar-refractivity contribution in [2.45, 2.75) is 57.3 Å². The van der Waals surface area contributed by atoms with Crippen LogP contribution in [0, 0.1) is 11.6 Å². The van der Waals surface area contributed by atoms with E-state index in [0.29, 0.717) is 12.0 Å². The molecule has 1 heterocycles. The Morgan fingerprint density at radius 2 is 2.05 bits per heavy atom. The maximum atomic E-state index is 13.5. The van der Waals surface area contributed by atoms with E-state index < -0.39 is 17.2 Å². The maximum Gasteiger partial charge on any atom is 0.244 e. The molecule has 2 atom stereocenters. The molecule has 1 N–H and O–H groups in total. The molecule has 1 aromatic carbocycles. The Kier molecular flexibility index (Phi) is 3.48. The van der Waals surface area contributed by atoms with Crippen molar-refractivity contribution in [3.63, 3.8) is 0 Å². The molecule has 0 bridgehead atoms. The normalized spacial score (nSPS) is 29.8. The van der Waals surface area contributed by atoms with Crippen molar-refractivity contribution in [3.05, 3.63) is 35.4 Å². The maximum absolute atomic E-state index is 13.5. The van der Waals surface area contributed by atoms with Crippen LogP contribution in [0.3, 0.4) is 0 Å². The van der Waals surface area contributed by atoms with Gasteiger partial charge in [-0.15, -0.1) is 0 Å². The second kappa shape index (κ2) is 5.05. The highest BCUT2D eigenvalue weighted by Gasteiger charge is 2.50. The van der Waals surface area contributed by atoms with E-state index in [4.69, 9.17) is 0 Å².